The van der Waals surface area contributed by atoms with Gasteiger partial charge in [0.2, 0.25) is 5.91 Å². The van der Waals surface area contributed by atoms with Crippen LogP contribution in [0.4, 0.5) is 0 Å². The van der Waals surface area contributed by atoms with E-state index in [2.05, 4.69) is 0 Å². The summed E-state index contributed by atoms with van der Waals surface area (Å²) in [5, 5.41) is 9.36. The van der Waals surface area contributed by atoms with E-state index in [1.54, 1.807) is 4.90 Å². The summed E-state index contributed by atoms with van der Waals surface area (Å²) in [5.41, 5.74) is 0. The maximum Gasteiger partial charge on any atom is 0.326 e. The quantitative estimate of drug-likeness (QED) is 0.817. The number of carboxylic acids is 1. The van der Waals surface area contributed by atoms with E-state index < -0.39 is 12.0 Å². The van der Waals surface area contributed by atoms with Gasteiger partial charge in [0.15, 0.2) is 0 Å². The van der Waals surface area contributed by atoms with E-state index in [1.807, 2.05) is 0 Å². The van der Waals surface area contributed by atoms with Crippen LogP contribution in [0.3, 0.4) is 0 Å². The third-order valence-corrected chi connectivity index (χ3v) is 4.84. The smallest absolute Gasteiger partial charge is 0.326 e. The first-order valence-corrected chi connectivity index (χ1v) is 7.23. The zero-order chi connectivity index (χ0) is 12.7. The van der Waals surface area contributed by atoms with Crippen molar-refractivity contribution in [3.05, 3.63) is 0 Å². The minimum absolute atomic E-state index is 0.124. The van der Waals surface area contributed by atoms with Gasteiger partial charge in [0, 0.05) is 12.0 Å². The van der Waals surface area contributed by atoms with Gasteiger partial charge in [-0.05, 0) is 44.4 Å². The lowest BCUT2D eigenvalue weighted by Gasteiger charge is -2.47. The van der Waals surface area contributed by atoms with Crippen LogP contribution in [0.15, 0.2) is 0 Å². The molecule has 1 saturated heterocycles. The standard InChI is InChI=1S/C14H21NO3/c16-13(10-5-6-10)15-11-4-2-1-3-9(11)7-8-12(15)14(17)18/h9-12H,1-8H2,(H,17,18). The number of carboxylic acid groups (broad SMARTS) is 1. The van der Waals surface area contributed by atoms with Gasteiger partial charge in [-0.15, -0.1) is 0 Å². The summed E-state index contributed by atoms with van der Waals surface area (Å²) >= 11 is 0. The van der Waals surface area contributed by atoms with Gasteiger partial charge < -0.3 is 10.0 Å². The molecule has 18 heavy (non-hydrogen) atoms. The van der Waals surface area contributed by atoms with Crippen molar-refractivity contribution in [1.29, 1.82) is 0 Å². The lowest BCUT2D eigenvalue weighted by molar-refractivity contribution is -0.158. The van der Waals surface area contributed by atoms with Gasteiger partial charge in [0.1, 0.15) is 6.04 Å². The van der Waals surface area contributed by atoms with Gasteiger partial charge in [-0.1, -0.05) is 12.8 Å². The van der Waals surface area contributed by atoms with Crippen LogP contribution in [0, 0.1) is 11.8 Å². The molecule has 1 heterocycles. The highest BCUT2D eigenvalue weighted by Crippen LogP contribution is 2.41. The number of fused-ring (bicyclic) bond motifs is 1. The highest BCUT2D eigenvalue weighted by atomic mass is 16.4. The predicted octanol–water partition coefficient (Wildman–Crippen LogP) is 2.03. The van der Waals surface area contributed by atoms with Gasteiger partial charge in [-0.3, -0.25) is 4.79 Å². The first kappa shape index (κ1) is 12.0. The third-order valence-electron chi connectivity index (χ3n) is 4.84. The second-order valence-electron chi connectivity index (χ2n) is 6.06. The summed E-state index contributed by atoms with van der Waals surface area (Å²) in [5.74, 6) is -0.00315. The van der Waals surface area contributed by atoms with Crippen LogP contribution in [-0.4, -0.2) is 34.0 Å². The number of amides is 1. The average molecular weight is 251 g/mol. The monoisotopic (exact) mass is 251 g/mol. The van der Waals surface area contributed by atoms with Crippen LogP contribution in [0.25, 0.3) is 0 Å². The maximum absolute atomic E-state index is 12.4. The lowest BCUT2D eigenvalue weighted by atomic mass is 9.76. The molecule has 100 valence electrons. The van der Waals surface area contributed by atoms with Gasteiger partial charge in [0.05, 0.1) is 0 Å². The lowest BCUT2D eigenvalue weighted by Crippen LogP contribution is -2.57. The molecule has 3 aliphatic rings. The molecule has 0 bridgehead atoms. The number of carbonyl (C=O) groups is 2. The molecule has 3 atom stereocenters. The summed E-state index contributed by atoms with van der Waals surface area (Å²) in [6.45, 7) is 0. The fourth-order valence-electron chi connectivity index (χ4n) is 3.73. The number of aliphatic carboxylic acids is 1. The molecule has 4 heteroatoms. The largest absolute Gasteiger partial charge is 0.480 e. The molecular weight excluding hydrogens is 230 g/mol. The molecule has 4 nitrogen and oxygen atoms in total. The van der Waals surface area contributed by atoms with Crippen molar-refractivity contribution in [2.75, 3.05) is 0 Å². The van der Waals surface area contributed by atoms with Gasteiger partial charge in [-0.25, -0.2) is 4.79 Å². The molecule has 0 aromatic carbocycles. The number of piperidine rings is 1. The van der Waals surface area contributed by atoms with E-state index in [9.17, 15) is 14.7 Å². The van der Waals surface area contributed by atoms with Gasteiger partial charge in [-0.2, -0.15) is 0 Å². The van der Waals surface area contributed by atoms with E-state index >= 15 is 0 Å². The zero-order valence-electron chi connectivity index (χ0n) is 10.7. The van der Waals surface area contributed by atoms with Gasteiger partial charge in [0.25, 0.3) is 0 Å². The molecule has 0 aromatic heterocycles. The molecule has 0 spiro atoms. The Morgan fingerprint density at radius 1 is 0.944 bits per heavy atom. The Balaban J connectivity index is 1.84. The molecule has 1 N–H and O–H groups in total. The number of rotatable bonds is 2. The highest BCUT2D eigenvalue weighted by molar-refractivity contribution is 5.87. The number of hydrogen-bond acceptors (Lipinski definition) is 2. The molecule has 2 aliphatic carbocycles. The number of hydrogen-bond donors (Lipinski definition) is 1. The van der Waals surface area contributed by atoms with Crippen molar-refractivity contribution in [1.82, 2.24) is 4.90 Å². The average Bonchev–Trinajstić information content (AvgIpc) is 3.20. The van der Waals surface area contributed by atoms with Crippen molar-refractivity contribution >= 4 is 11.9 Å². The van der Waals surface area contributed by atoms with Crippen LogP contribution in [-0.2, 0) is 9.59 Å². The second kappa shape index (κ2) is 4.56. The molecule has 3 rings (SSSR count). The van der Waals surface area contributed by atoms with E-state index in [4.69, 9.17) is 0 Å². The van der Waals surface area contributed by atoms with Crippen LogP contribution in [0.5, 0.6) is 0 Å². The minimum atomic E-state index is -0.812. The molecule has 3 fully saturated rings. The Morgan fingerprint density at radius 3 is 2.33 bits per heavy atom. The first-order chi connectivity index (χ1) is 8.68. The minimum Gasteiger partial charge on any atom is -0.480 e. The molecule has 3 unspecified atom stereocenters. The Hall–Kier alpha value is -1.06. The number of nitrogens with zero attached hydrogens (tertiary/aromatic N) is 1. The van der Waals surface area contributed by atoms with Crippen LogP contribution in [0.2, 0.25) is 0 Å². The third kappa shape index (κ3) is 2.02. The first-order valence-electron chi connectivity index (χ1n) is 7.23. The number of carbonyl (C=O) groups excluding carboxylic acids is 1. The van der Waals surface area contributed by atoms with Crippen LogP contribution in [0.1, 0.15) is 51.4 Å². The summed E-state index contributed by atoms with van der Waals surface area (Å²) in [4.78, 5) is 25.6. The second-order valence-corrected chi connectivity index (χ2v) is 6.06. The molecule has 0 aromatic rings. The Bertz CT molecular complexity index is 364. The Labute approximate surface area is 107 Å². The number of likely N-dealkylation sites (tertiary alicyclic amines) is 1. The normalized spacial score (nSPS) is 36.0. The topological polar surface area (TPSA) is 57.6 Å². The molecule has 1 amide bonds. The van der Waals surface area contributed by atoms with Crippen molar-refractivity contribution in [2.45, 2.75) is 63.5 Å². The summed E-state index contributed by atoms with van der Waals surface area (Å²) in [6.07, 6.45) is 8.10. The van der Waals surface area contributed by atoms with E-state index in [-0.39, 0.29) is 17.9 Å². The maximum atomic E-state index is 12.4. The van der Waals surface area contributed by atoms with Crippen LogP contribution >= 0.6 is 0 Å². The van der Waals surface area contributed by atoms with Gasteiger partial charge >= 0.3 is 5.97 Å². The fraction of sp³-hybridized carbons (Fsp3) is 0.857. The summed E-state index contributed by atoms with van der Waals surface area (Å²) in [6, 6.07) is -0.348. The molecular formula is C14H21NO3. The SMILES string of the molecule is O=C(O)C1CCC2CCCCC2N1C(=O)C1CC1. The fourth-order valence-corrected chi connectivity index (χ4v) is 3.73. The zero-order valence-corrected chi connectivity index (χ0v) is 10.7. The van der Waals surface area contributed by atoms with Crippen molar-refractivity contribution in [3.8, 4) is 0 Å². The molecule has 2 saturated carbocycles. The van der Waals surface area contributed by atoms with Crippen molar-refractivity contribution in [2.24, 2.45) is 11.8 Å². The van der Waals surface area contributed by atoms with Crippen LogP contribution < -0.4 is 0 Å². The highest BCUT2D eigenvalue weighted by Gasteiger charge is 2.47. The Kier molecular flexibility index (Phi) is 3.04. The van der Waals surface area contributed by atoms with Crippen molar-refractivity contribution in [3.63, 3.8) is 0 Å². The predicted molar refractivity (Wildman–Crippen MR) is 66.0 cm³/mol. The van der Waals surface area contributed by atoms with E-state index in [0.29, 0.717) is 12.3 Å². The van der Waals surface area contributed by atoms with Crippen molar-refractivity contribution < 1.29 is 14.7 Å². The Morgan fingerprint density at radius 2 is 1.67 bits per heavy atom. The van der Waals surface area contributed by atoms with E-state index in [1.165, 1.54) is 12.8 Å². The molecule has 0 radical (unpaired) electrons. The summed E-state index contributed by atoms with van der Waals surface area (Å²) < 4.78 is 0. The summed E-state index contributed by atoms with van der Waals surface area (Å²) in [7, 11) is 0. The van der Waals surface area contributed by atoms with E-state index in [0.717, 1.165) is 32.1 Å². The molecule has 1 aliphatic heterocycles.